The van der Waals surface area contributed by atoms with Gasteiger partial charge in [0, 0.05) is 19.3 Å². The molecule has 0 amide bonds. The van der Waals surface area contributed by atoms with Gasteiger partial charge in [-0.25, -0.2) is 0 Å². The molecule has 0 aromatic carbocycles. The Morgan fingerprint density at radius 3 is 0.938 bits per heavy atom. The predicted molar refractivity (Wildman–Crippen MR) is 279 cm³/mol. The largest absolute Gasteiger partial charge is 0.462 e. The van der Waals surface area contributed by atoms with Crippen LogP contribution < -0.4 is 0 Å². The fraction of sp³-hybridized carbons (Fsp3) is 0.780. The highest BCUT2D eigenvalue weighted by Crippen LogP contribution is 2.15. The molecule has 0 aliphatic rings. The first kappa shape index (κ1) is 62.1. The first-order chi connectivity index (χ1) is 32.0. The summed E-state index contributed by atoms with van der Waals surface area (Å²) >= 11 is 0. The second-order valence-electron chi connectivity index (χ2n) is 18.5. The number of carbonyl (C=O) groups excluding carboxylic acids is 3. The zero-order valence-electron chi connectivity index (χ0n) is 43.0. The fourth-order valence-corrected chi connectivity index (χ4v) is 7.76. The summed E-state index contributed by atoms with van der Waals surface area (Å²) < 4.78 is 16.8. The molecule has 0 radical (unpaired) electrons. The SMILES string of the molecule is CCCC/C=C\C/C=C\CCCCCCCC(=O)OC(COC(=O)CCCCCCCC/C=C\C/C=C\C/C=C\CCCCC)COC(=O)CCCCCCCCCCCCCCCC. The van der Waals surface area contributed by atoms with Crippen molar-refractivity contribution in [2.45, 2.75) is 284 Å². The molecule has 0 saturated heterocycles. The summed E-state index contributed by atoms with van der Waals surface area (Å²) in [5, 5.41) is 0. The van der Waals surface area contributed by atoms with Gasteiger partial charge in [-0.15, -0.1) is 0 Å². The summed E-state index contributed by atoms with van der Waals surface area (Å²) in [6, 6.07) is 0. The third kappa shape index (κ3) is 51.9. The lowest BCUT2D eigenvalue weighted by atomic mass is 10.0. The van der Waals surface area contributed by atoms with Crippen molar-refractivity contribution >= 4 is 17.9 Å². The number of hydrogen-bond acceptors (Lipinski definition) is 6. The summed E-state index contributed by atoms with van der Waals surface area (Å²) in [6.45, 7) is 6.57. The topological polar surface area (TPSA) is 78.9 Å². The van der Waals surface area contributed by atoms with Crippen LogP contribution in [0.5, 0.6) is 0 Å². The molecule has 0 rings (SSSR count). The van der Waals surface area contributed by atoms with Gasteiger partial charge in [-0.05, 0) is 83.5 Å². The minimum Gasteiger partial charge on any atom is -0.462 e. The lowest BCUT2D eigenvalue weighted by Crippen LogP contribution is -2.30. The summed E-state index contributed by atoms with van der Waals surface area (Å²) in [4.78, 5) is 38.1. The molecule has 0 spiro atoms. The number of allylic oxidation sites excluding steroid dienone is 10. The molecular weight excluding hydrogens is 805 g/mol. The molecule has 0 saturated carbocycles. The maximum absolute atomic E-state index is 12.8. The van der Waals surface area contributed by atoms with Crippen LogP contribution in [0.3, 0.4) is 0 Å². The molecule has 0 aliphatic carbocycles. The van der Waals surface area contributed by atoms with Gasteiger partial charge in [0.15, 0.2) is 6.10 Å². The number of ether oxygens (including phenoxy) is 3. The first-order valence-corrected chi connectivity index (χ1v) is 27.8. The average molecular weight is 909 g/mol. The smallest absolute Gasteiger partial charge is 0.306 e. The van der Waals surface area contributed by atoms with Gasteiger partial charge >= 0.3 is 17.9 Å². The van der Waals surface area contributed by atoms with E-state index in [0.717, 1.165) is 103 Å². The number of rotatable bonds is 50. The van der Waals surface area contributed by atoms with E-state index in [2.05, 4.69) is 81.5 Å². The summed E-state index contributed by atoms with van der Waals surface area (Å²) in [5.74, 6) is -0.900. The summed E-state index contributed by atoms with van der Waals surface area (Å²) in [5.41, 5.74) is 0. The van der Waals surface area contributed by atoms with E-state index in [-0.39, 0.29) is 31.1 Å². The van der Waals surface area contributed by atoms with Crippen LogP contribution in [0.25, 0.3) is 0 Å². The molecule has 376 valence electrons. The van der Waals surface area contributed by atoms with E-state index in [0.29, 0.717) is 19.3 Å². The number of hydrogen-bond donors (Lipinski definition) is 0. The molecule has 0 heterocycles. The summed E-state index contributed by atoms with van der Waals surface area (Å²) in [6.07, 6.45) is 66.3. The Hall–Kier alpha value is -2.89. The van der Waals surface area contributed by atoms with Gasteiger partial charge in [0.2, 0.25) is 0 Å². The van der Waals surface area contributed by atoms with Crippen LogP contribution in [0.4, 0.5) is 0 Å². The molecule has 65 heavy (non-hydrogen) atoms. The highest BCUT2D eigenvalue weighted by atomic mass is 16.6. The van der Waals surface area contributed by atoms with Crippen molar-refractivity contribution in [3.63, 3.8) is 0 Å². The van der Waals surface area contributed by atoms with Crippen molar-refractivity contribution in [2.75, 3.05) is 13.2 Å². The number of esters is 3. The molecule has 6 heteroatoms. The number of unbranched alkanes of at least 4 members (excludes halogenated alkanes) is 29. The normalized spacial score (nSPS) is 12.5. The van der Waals surface area contributed by atoms with Crippen molar-refractivity contribution in [1.82, 2.24) is 0 Å². The quantitative estimate of drug-likeness (QED) is 0.0262. The fourth-order valence-electron chi connectivity index (χ4n) is 7.76. The first-order valence-electron chi connectivity index (χ1n) is 27.8. The van der Waals surface area contributed by atoms with E-state index in [9.17, 15) is 14.4 Å². The molecular formula is C59H104O6. The maximum Gasteiger partial charge on any atom is 0.306 e. The van der Waals surface area contributed by atoms with Crippen molar-refractivity contribution < 1.29 is 28.6 Å². The van der Waals surface area contributed by atoms with Crippen LogP contribution in [0.1, 0.15) is 278 Å². The van der Waals surface area contributed by atoms with E-state index in [1.807, 2.05) is 0 Å². The Kier molecular flexibility index (Phi) is 51.3. The van der Waals surface area contributed by atoms with E-state index in [1.165, 1.54) is 135 Å². The second-order valence-corrected chi connectivity index (χ2v) is 18.5. The van der Waals surface area contributed by atoms with Gasteiger partial charge in [0.1, 0.15) is 13.2 Å². The maximum atomic E-state index is 12.8. The monoisotopic (exact) mass is 909 g/mol. The van der Waals surface area contributed by atoms with Gasteiger partial charge in [0.05, 0.1) is 0 Å². The average Bonchev–Trinajstić information content (AvgIpc) is 3.30. The van der Waals surface area contributed by atoms with Gasteiger partial charge in [-0.3, -0.25) is 14.4 Å². The van der Waals surface area contributed by atoms with E-state index in [1.54, 1.807) is 0 Å². The predicted octanol–water partition coefficient (Wildman–Crippen LogP) is 18.4. The molecule has 0 bridgehead atoms. The van der Waals surface area contributed by atoms with Crippen molar-refractivity contribution in [3.05, 3.63) is 60.8 Å². The molecule has 0 N–H and O–H groups in total. The van der Waals surface area contributed by atoms with Gasteiger partial charge < -0.3 is 14.2 Å². The van der Waals surface area contributed by atoms with Crippen LogP contribution in [0, 0.1) is 0 Å². The van der Waals surface area contributed by atoms with Crippen LogP contribution in [0.15, 0.2) is 60.8 Å². The standard InChI is InChI=1S/C59H104O6/c1-4-7-10-13-16-19-22-25-28-29-30-31-32-35-37-40-43-46-49-52-58(61)64-55-56(65-59(62)53-50-47-44-41-38-34-27-24-21-18-15-12-9-6-3)54-63-57(60)51-48-45-42-39-36-33-26-23-20-17-14-11-8-5-2/h15-16,18-19,24-25,27-28,30-31,56H,4-14,17,20-23,26,29,32-55H2,1-3H3/b18-15-,19-16-,27-24-,28-25-,31-30-. The van der Waals surface area contributed by atoms with Gasteiger partial charge in [-0.1, -0.05) is 236 Å². The van der Waals surface area contributed by atoms with Crippen LogP contribution in [0.2, 0.25) is 0 Å². The molecule has 0 aliphatic heterocycles. The Morgan fingerprint density at radius 2 is 0.569 bits per heavy atom. The molecule has 1 atom stereocenters. The van der Waals surface area contributed by atoms with Crippen LogP contribution >= 0.6 is 0 Å². The lowest BCUT2D eigenvalue weighted by molar-refractivity contribution is -0.167. The molecule has 6 nitrogen and oxygen atoms in total. The van der Waals surface area contributed by atoms with E-state index >= 15 is 0 Å². The van der Waals surface area contributed by atoms with Crippen LogP contribution in [-0.2, 0) is 28.6 Å². The van der Waals surface area contributed by atoms with Crippen molar-refractivity contribution in [2.24, 2.45) is 0 Å². The lowest BCUT2D eigenvalue weighted by Gasteiger charge is -2.18. The highest BCUT2D eigenvalue weighted by Gasteiger charge is 2.19. The third-order valence-corrected chi connectivity index (χ3v) is 12.0. The van der Waals surface area contributed by atoms with Crippen molar-refractivity contribution in [3.8, 4) is 0 Å². The second kappa shape index (κ2) is 53.7. The Balaban J connectivity index is 4.39. The molecule has 0 aromatic heterocycles. The minimum atomic E-state index is -0.785. The highest BCUT2D eigenvalue weighted by molar-refractivity contribution is 5.71. The van der Waals surface area contributed by atoms with Gasteiger partial charge in [-0.2, -0.15) is 0 Å². The molecule has 1 unspecified atom stereocenters. The zero-order chi connectivity index (χ0) is 47.2. The summed E-state index contributed by atoms with van der Waals surface area (Å²) in [7, 11) is 0. The molecule has 0 fully saturated rings. The molecule has 0 aromatic rings. The number of carbonyl (C=O) groups is 3. The van der Waals surface area contributed by atoms with Gasteiger partial charge in [0.25, 0.3) is 0 Å². The van der Waals surface area contributed by atoms with Crippen LogP contribution in [-0.4, -0.2) is 37.2 Å². The van der Waals surface area contributed by atoms with Crippen molar-refractivity contribution in [1.29, 1.82) is 0 Å². The van der Waals surface area contributed by atoms with E-state index in [4.69, 9.17) is 14.2 Å². The Morgan fingerprint density at radius 1 is 0.308 bits per heavy atom. The minimum absolute atomic E-state index is 0.0821. The Bertz CT molecular complexity index is 1180. The van der Waals surface area contributed by atoms with E-state index < -0.39 is 6.10 Å². The Labute approximate surface area is 402 Å². The third-order valence-electron chi connectivity index (χ3n) is 12.0. The zero-order valence-corrected chi connectivity index (χ0v) is 43.0.